The first-order valence-electron chi connectivity index (χ1n) is 11.3. The molecular formula is C26H31NO3S. The summed E-state index contributed by atoms with van der Waals surface area (Å²) in [5, 5.41) is 10.1. The van der Waals surface area contributed by atoms with Crippen molar-refractivity contribution in [1.29, 1.82) is 0 Å². The highest BCUT2D eigenvalue weighted by molar-refractivity contribution is 7.98. The van der Waals surface area contributed by atoms with Gasteiger partial charge in [-0.15, -0.1) is 0 Å². The zero-order chi connectivity index (χ0) is 22.0. The van der Waals surface area contributed by atoms with E-state index in [2.05, 4.69) is 36.9 Å². The molecule has 0 aromatic heterocycles. The van der Waals surface area contributed by atoms with E-state index in [1.807, 2.05) is 6.26 Å². The van der Waals surface area contributed by atoms with Gasteiger partial charge in [0, 0.05) is 5.92 Å². The van der Waals surface area contributed by atoms with Crippen molar-refractivity contribution < 1.29 is 14.7 Å². The van der Waals surface area contributed by atoms with Crippen molar-refractivity contribution in [2.75, 3.05) is 12.0 Å². The van der Waals surface area contributed by atoms with E-state index in [0.717, 1.165) is 18.4 Å². The first kappa shape index (κ1) is 21.0. The largest absolute Gasteiger partial charge is 0.480 e. The number of carbonyl (C=O) groups excluding carboxylic acids is 1. The van der Waals surface area contributed by atoms with Crippen LogP contribution in [-0.2, 0) is 9.59 Å². The number of aldehydes is 1. The van der Waals surface area contributed by atoms with E-state index in [4.69, 9.17) is 5.73 Å². The van der Waals surface area contributed by atoms with E-state index in [-0.39, 0.29) is 11.3 Å². The summed E-state index contributed by atoms with van der Waals surface area (Å²) >= 11 is 1.61. The minimum absolute atomic E-state index is 0.227. The predicted octanol–water partition coefficient (Wildman–Crippen LogP) is 4.60. The molecule has 0 radical (unpaired) electrons. The van der Waals surface area contributed by atoms with Crippen molar-refractivity contribution in [2.24, 2.45) is 34.8 Å². The molecule has 164 valence electrons. The Bertz CT molecular complexity index is 971. The number of carbonyl (C=O) groups is 2. The van der Waals surface area contributed by atoms with Crippen molar-refractivity contribution in [2.45, 2.75) is 43.6 Å². The highest BCUT2D eigenvalue weighted by atomic mass is 32.2. The van der Waals surface area contributed by atoms with E-state index in [1.54, 1.807) is 11.8 Å². The number of hydrogen-bond acceptors (Lipinski definition) is 4. The summed E-state index contributed by atoms with van der Waals surface area (Å²) in [5.41, 5.74) is 9.08. The Morgan fingerprint density at radius 2 is 2.03 bits per heavy atom. The molecule has 5 heteroatoms. The second-order valence-electron chi connectivity index (χ2n) is 10.3. The van der Waals surface area contributed by atoms with Gasteiger partial charge in [0.15, 0.2) is 11.8 Å². The number of aliphatic carboxylic acids is 1. The first-order valence-corrected chi connectivity index (χ1v) is 12.7. The Kier molecular flexibility index (Phi) is 4.98. The third-order valence-electron chi connectivity index (χ3n) is 8.81. The lowest BCUT2D eigenvalue weighted by atomic mass is 9.39. The van der Waals surface area contributed by atoms with Gasteiger partial charge in [0.2, 0.25) is 0 Å². The van der Waals surface area contributed by atoms with Crippen LogP contribution in [0.5, 0.6) is 0 Å². The Balaban J connectivity index is 1.71. The monoisotopic (exact) mass is 437 g/mol. The number of carboxylic acid groups (broad SMARTS) is 1. The molecule has 4 bridgehead atoms. The summed E-state index contributed by atoms with van der Waals surface area (Å²) in [5.74, 6) is 0.978. The molecule has 1 aromatic rings. The van der Waals surface area contributed by atoms with Crippen molar-refractivity contribution in [1.82, 2.24) is 0 Å². The lowest BCUT2D eigenvalue weighted by Gasteiger charge is -2.65. The fourth-order valence-corrected chi connectivity index (χ4v) is 8.93. The fraction of sp³-hybridized carbons (Fsp3) is 0.538. The van der Waals surface area contributed by atoms with Crippen molar-refractivity contribution >= 4 is 35.7 Å². The van der Waals surface area contributed by atoms with E-state index in [9.17, 15) is 14.7 Å². The van der Waals surface area contributed by atoms with Gasteiger partial charge in [0.1, 0.15) is 0 Å². The lowest BCUT2D eigenvalue weighted by Crippen LogP contribution is -2.66. The van der Waals surface area contributed by atoms with Crippen molar-refractivity contribution in [3.63, 3.8) is 0 Å². The van der Waals surface area contributed by atoms with Crippen LogP contribution in [0.2, 0.25) is 0 Å². The second kappa shape index (κ2) is 7.35. The molecule has 0 spiro atoms. The normalized spacial score (nSPS) is 35.6. The maximum atomic E-state index is 12.3. The average molecular weight is 438 g/mol. The lowest BCUT2D eigenvalue weighted by molar-refractivity contribution is -0.160. The summed E-state index contributed by atoms with van der Waals surface area (Å²) in [4.78, 5) is 24.6. The molecule has 5 aliphatic carbocycles. The third-order valence-corrected chi connectivity index (χ3v) is 9.48. The molecule has 4 fully saturated rings. The molecule has 5 atom stereocenters. The third kappa shape index (κ3) is 2.92. The van der Waals surface area contributed by atoms with E-state index >= 15 is 0 Å². The van der Waals surface area contributed by atoms with Crippen molar-refractivity contribution in [3.8, 4) is 0 Å². The van der Waals surface area contributed by atoms with Gasteiger partial charge < -0.3 is 15.6 Å². The molecule has 0 saturated heterocycles. The maximum Gasteiger partial charge on any atom is 0.331 e. The van der Waals surface area contributed by atoms with Gasteiger partial charge in [0.25, 0.3) is 0 Å². The van der Waals surface area contributed by atoms with Gasteiger partial charge in [-0.25, -0.2) is 4.79 Å². The van der Waals surface area contributed by atoms with Crippen LogP contribution in [0.15, 0.2) is 30.9 Å². The summed E-state index contributed by atoms with van der Waals surface area (Å²) in [6.45, 7) is 4.20. The maximum absolute atomic E-state index is 12.3. The summed E-state index contributed by atoms with van der Waals surface area (Å²) in [7, 11) is 0. The summed E-state index contributed by atoms with van der Waals surface area (Å²) in [6, 6.07) is 6.47. The standard InChI is InChI=1S/C26H31NO3S/c1-15-6-7-20-19(15)4-3-5-21(20)23-18-9-16-8-17(10-18)12-25(23,11-16)22(13-31-2)26(27,14-28)24(29)30/h3-7,14,16-18,22-23H,1,8-13,27H2,2H3,(H,29,30). The average Bonchev–Trinajstić information content (AvgIpc) is 3.12. The Morgan fingerprint density at radius 3 is 2.65 bits per heavy atom. The number of nitrogens with two attached hydrogens (primary N) is 1. The van der Waals surface area contributed by atoms with Gasteiger partial charge in [-0.05, 0) is 95.5 Å². The molecule has 6 rings (SSSR count). The van der Waals surface area contributed by atoms with Crippen LogP contribution in [-0.4, -0.2) is 34.9 Å². The molecular weight excluding hydrogens is 406 g/mol. The molecule has 0 heterocycles. The summed E-state index contributed by atoms with van der Waals surface area (Å²) in [6.07, 6.45) is 12.4. The van der Waals surface area contributed by atoms with Crippen LogP contribution in [0.1, 0.15) is 54.7 Å². The molecule has 0 aliphatic heterocycles. The first-order chi connectivity index (χ1) is 14.8. The van der Waals surface area contributed by atoms with E-state index in [1.165, 1.54) is 36.0 Å². The molecule has 5 unspecified atom stereocenters. The summed E-state index contributed by atoms with van der Waals surface area (Å²) < 4.78 is 0. The number of benzene rings is 1. The van der Waals surface area contributed by atoms with Crippen LogP contribution in [0.4, 0.5) is 0 Å². The van der Waals surface area contributed by atoms with Crippen LogP contribution >= 0.6 is 11.8 Å². The molecule has 3 N–H and O–H groups in total. The molecule has 1 aromatic carbocycles. The highest BCUT2D eigenvalue weighted by Gasteiger charge is 2.64. The SMILES string of the molecule is C=C1C=Cc2c1cccc2C1C2CC3CC(C2)CC1(C(CSC)C(N)(C=O)C(=O)O)C3. The Morgan fingerprint density at radius 1 is 1.32 bits per heavy atom. The van der Waals surface area contributed by atoms with Crippen LogP contribution in [0, 0.1) is 29.1 Å². The smallest absolute Gasteiger partial charge is 0.331 e. The molecule has 0 amide bonds. The van der Waals surface area contributed by atoms with E-state index < -0.39 is 17.4 Å². The van der Waals surface area contributed by atoms with Crippen LogP contribution in [0.3, 0.4) is 0 Å². The number of allylic oxidation sites excluding steroid dienone is 2. The van der Waals surface area contributed by atoms with Crippen molar-refractivity contribution in [3.05, 3.63) is 47.5 Å². The predicted molar refractivity (Wildman–Crippen MR) is 126 cm³/mol. The Hall–Kier alpha value is -1.85. The van der Waals surface area contributed by atoms with Crippen LogP contribution in [0.25, 0.3) is 11.6 Å². The Labute approximate surface area is 188 Å². The molecule has 4 saturated carbocycles. The van der Waals surface area contributed by atoms with Gasteiger partial charge in [-0.2, -0.15) is 11.8 Å². The fourth-order valence-electron chi connectivity index (χ4n) is 7.99. The number of hydrogen-bond donors (Lipinski definition) is 2. The number of carboxylic acids is 1. The van der Waals surface area contributed by atoms with Gasteiger partial charge in [-0.1, -0.05) is 36.9 Å². The highest BCUT2D eigenvalue weighted by Crippen LogP contribution is 2.70. The quantitative estimate of drug-likeness (QED) is 0.481. The topological polar surface area (TPSA) is 80.4 Å². The number of rotatable bonds is 7. The zero-order valence-corrected chi connectivity index (χ0v) is 18.9. The molecule has 31 heavy (non-hydrogen) atoms. The molecule has 5 aliphatic rings. The zero-order valence-electron chi connectivity index (χ0n) is 18.0. The minimum Gasteiger partial charge on any atom is -0.480 e. The van der Waals surface area contributed by atoms with Gasteiger partial charge >= 0.3 is 5.97 Å². The number of thioether (sulfide) groups is 1. The van der Waals surface area contributed by atoms with E-state index in [0.29, 0.717) is 29.8 Å². The van der Waals surface area contributed by atoms with Gasteiger partial charge in [-0.3, -0.25) is 0 Å². The minimum atomic E-state index is -1.86. The van der Waals surface area contributed by atoms with Crippen LogP contribution < -0.4 is 5.73 Å². The second-order valence-corrected chi connectivity index (χ2v) is 11.3. The number of fused-ring (bicyclic) bond motifs is 1. The molecule has 4 nitrogen and oxygen atoms in total. The van der Waals surface area contributed by atoms with Gasteiger partial charge in [0.05, 0.1) is 0 Å².